The second-order valence-corrected chi connectivity index (χ2v) is 7.46. The number of nitrogens with zero attached hydrogens (tertiary/aromatic N) is 4. The lowest BCUT2D eigenvalue weighted by Gasteiger charge is -2.16. The fraction of sp³-hybridized carbons (Fsp3) is 0.318. The highest BCUT2D eigenvalue weighted by atomic mass is 16.5. The van der Waals surface area contributed by atoms with Crippen LogP contribution in [0.1, 0.15) is 28.9 Å². The summed E-state index contributed by atoms with van der Waals surface area (Å²) in [5, 5.41) is 5.70. The number of amides is 1. The first-order valence-corrected chi connectivity index (χ1v) is 10.5. The molecule has 4 N–H and O–H groups in total. The Kier molecular flexibility index (Phi) is 7.92. The van der Waals surface area contributed by atoms with E-state index in [1.165, 1.54) is 32.0 Å². The number of hydrogen-bond donors (Lipinski definition) is 3. The van der Waals surface area contributed by atoms with E-state index < -0.39 is 29.4 Å². The van der Waals surface area contributed by atoms with Gasteiger partial charge in [-0.3, -0.25) is 19.0 Å². The molecule has 0 fully saturated rings. The van der Waals surface area contributed by atoms with Crippen molar-refractivity contribution < 1.29 is 23.9 Å². The molecule has 2 heterocycles. The zero-order chi connectivity index (χ0) is 25.5. The third kappa shape index (κ3) is 6.07. The molecule has 35 heavy (non-hydrogen) atoms. The summed E-state index contributed by atoms with van der Waals surface area (Å²) in [5.41, 5.74) is 7.06. The number of esters is 2. The molecule has 1 aromatic carbocycles. The van der Waals surface area contributed by atoms with Crippen molar-refractivity contribution in [3.05, 3.63) is 52.1 Å². The first kappa shape index (κ1) is 25.1. The number of nitrogen functional groups attached to an aromatic ring is 1. The van der Waals surface area contributed by atoms with Crippen LogP contribution in [0.5, 0.6) is 0 Å². The molecule has 2 aromatic heterocycles. The molecule has 0 bridgehead atoms. The largest absolute Gasteiger partial charge is 0.469 e. The summed E-state index contributed by atoms with van der Waals surface area (Å²) in [7, 11) is 3.94. The van der Waals surface area contributed by atoms with Gasteiger partial charge in [-0.2, -0.15) is 4.98 Å². The minimum Gasteiger partial charge on any atom is -0.469 e. The van der Waals surface area contributed by atoms with Gasteiger partial charge >= 0.3 is 11.9 Å². The van der Waals surface area contributed by atoms with Crippen LogP contribution in [-0.4, -0.2) is 57.6 Å². The van der Waals surface area contributed by atoms with Crippen molar-refractivity contribution in [2.75, 3.05) is 25.3 Å². The van der Waals surface area contributed by atoms with Gasteiger partial charge in [0.15, 0.2) is 11.2 Å². The number of carbonyl (C=O) groups excluding carboxylic acids is 3. The van der Waals surface area contributed by atoms with Gasteiger partial charge in [-0.1, -0.05) is 0 Å². The van der Waals surface area contributed by atoms with Gasteiger partial charge in [0.2, 0.25) is 5.95 Å². The molecule has 0 saturated heterocycles. The average molecular weight is 483 g/mol. The van der Waals surface area contributed by atoms with Gasteiger partial charge < -0.3 is 25.8 Å². The fourth-order valence-corrected chi connectivity index (χ4v) is 3.11. The monoisotopic (exact) mass is 483 g/mol. The summed E-state index contributed by atoms with van der Waals surface area (Å²) in [6.07, 6.45) is 1.49. The van der Waals surface area contributed by atoms with Gasteiger partial charge in [-0.25, -0.2) is 14.8 Å². The number of benzene rings is 1. The zero-order valence-electron chi connectivity index (χ0n) is 19.4. The first-order valence-electron chi connectivity index (χ1n) is 10.5. The van der Waals surface area contributed by atoms with Crippen molar-refractivity contribution in [2.24, 2.45) is 7.05 Å². The summed E-state index contributed by atoms with van der Waals surface area (Å²) in [4.78, 5) is 60.7. The maximum absolute atomic E-state index is 12.6. The Morgan fingerprint density at radius 3 is 2.49 bits per heavy atom. The molecule has 0 spiro atoms. The van der Waals surface area contributed by atoms with Crippen LogP contribution < -0.4 is 21.9 Å². The van der Waals surface area contributed by atoms with E-state index >= 15 is 0 Å². The predicted molar refractivity (Wildman–Crippen MR) is 125 cm³/mol. The molecule has 0 aliphatic rings. The third-order valence-electron chi connectivity index (χ3n) is 5.15. The van der Waals surface area contributed by atoms with E-state index in [4.69, 9.17) is 10.5 Å². The Balaban J connectivity index is 1.64. The number of carbonyl (C=O) groups is 3. The Bertz CT molecular complexity index is 1310. The van der Waals surface area contributed by atoms with Crippen molar-refractivity contribution in [3.63, 3.8) is 0 Å². The molecule has 13 nitrogen and oxygen atoms in total. The number of methoxy groups -OCH3 is 2. The van der Waals surface area contributed by atoms with Crippen molar-refractivity contribution in [2.45, 2.75) is 25.4 Å². The molecule has 0 saturated carbocycles. The standard InChI is InChI=1S/C22H25N7O6/c1-29-20(32)17-18(28-22(29)23)25-11-14(26-17)10-24-13-6-4-12(5-7-13)19(31)27-15(21(33)35-3)8-9-16(30)34-2/h4-7,11,15,24H,8-10H2,1-3H3,(H,27,31)(H2,23,25,28). The van der Waals surface area contributed by atoms with E-state index in [2.05, 4.69) is 30.3 Å². The molecular formula is C22H25N7O6. The van der Waals surface area contributed by atoms with E-state index in [9.17, 15) is 19.2 Å². The van der Waals surface area contributed by atoms with Crippen LogP contribution in [0.15, 0.2) is 35.3 Å². The molecule has 0 aliphatic heterocycles. The number of anilines is 2. The summed E-state index contributed by atoms with van der Waals surface area (Å²) in [5.74, 6) is -1.61. The molecule has 1 atom stereocenters. The third-order valence-corrected chi connectivity index (χ3v) is 5.15. The topological polar surface area (TPSA) is 180 Å². The lowest BCUT2D eigenvalue weighted by molar-refractivity contribution is -0.144. The van der Waals surface area contributed by atoms with E-state index in [0.29, 0.717) is 16.9 Å². The van der Waals surface area contributed by atoms with Crippen LogP contribution in [-0.2, 0) is 32.7 Å². The van der Waals surface area contributed by atoms with Crippen LogP contribution >= 0.6 is 0 Å². The number of rotatable bonds is 9. The van der Waals surface area contributed by atoms with Gasteiger partial charge in [-0.15, -0.1) is 0 Å². The van der Waals surface area contributed by atoms with Gasteiger partial charge in [0.1, 0.15) is 6.04 Å². The van der Waals surface area contributed by atoms with Crippen LogP contribution in [0.4, 0.5) is 11.6 Å². The molecule has 1 amide bonds. The van der Waals surface area contributed by atoms with E-state index in [1.807, 2.05) is 0 Å². The Hall–Kier alpha value is -4.55. The Morgan fingerprint density at radius 2 is 1.83 bits per heavy atom. The summed E-state index contributed by atoms with van der Waals surface area (Å²) < 4.78 is 10.5. The van der Waals surface area contributed by atoms with E-state index in [-0.39, 0.29) is 36.5 Å². The second kappa shape index (κ2) is 11.0. The highest BCUT2D eigenvalue weighted by Gasteiger charge is 2.23. The smallest absolute Gasteiger partial charge is 0.328 e. The number of ether oxygens (including phenoxy) is 2. The van der Waals surface area contributed by atoms with Gasteiger partial charge in [-0.05, 0) is 30.7 Å². The zero-order valence-corrected chi connectivity index (χ0v) is 19.4. The number of hydrogen-bond acceptors (Lipinski definition) is 11. The van der Waals surface area contributed by atoms with Gasteiger partial charge in [0, 0.05) is 24.7 Å². The van der Waals surface area contributed by atoms with Crippen LogP contribution in [0, 0.1) is 0 Å². The van der Waals surface area contributed by atoms with Gasteiger partial charge in [0.25, 0.3) is 11.5 Å². The highest BCUT2D eigenvalue weighted by molar-refractivity contribution is 5.97. The summed E-state index contributed by atoms with van der Waals surface area (Å²) in [6, 6.07) is 5.49. The molecular weight excluding hydrogens is 458 g/mol. The SMILES string of the molecule is COC(=O)CCC(NC(=O)c1ccc(NCc2cnc3nc(N)n(C)c(=O)c3n2)cc1)C(=O)OC. The molecule has 13 heteroatoms. The van der Waals surface area contributed by atoms with Crippen LogP contribution in [0.3, 0.4) is 0 Å². The summed E-state index contributed by atoms with van der Waals surface area (Å²) in [6.45, 7) is 0.264. The fourth-order valence-electron chi connectivity index (χ4n) is 3.11. The minimum absolute atomic E-state index is 0.0444. The first-order chi connectivity index (χ1) is 16.7. The number of aromatic nitrogens is 4. The number of nitrogens with one attached hydrogen (secondary N) is 2. The van der Waals surface area contributed by atoms with Gasteiger partial charge in [0.05, 0.1) is 32.7 Å². The maximum atomic E-state index is 12.6. The number of fused-ring (bicyclic) bond motifs is 1. The minimum atomic E-state index is -0.992. The molecule has 0 radical (unpaired) electrons. The highest BCUT2D eigenvalue weighted by Crippen LogP contribution is 2.13. The predicted octanol–water partition coefficient (Wildman–Crippen LogP) is 0.142. The quantitative estimate of drug-likeness (QED) is 0.352. The van der Waals surface area contributed by atoms with Crippen molar-refractivity contribution in [1.29, 1.82) is 0 Å². The number of nitrogens with two attached hydrogens (primary N) is 1. The van der Waals surface area contributed by atoms with Crippen LogP contribution in [0.2, 0.25) is 0 Å². The lowest BCUT2D eigenvalue weighted by atomic mass is 10.1. The molecule has 1 unspecified atom stereocenters. The van der Waals surface area contributed by atoms with Crippen LogP contribution in [0.25, 0.3) is 11.2 Å². The second-order valence-electron chi connectivity index (χ2n) is 7.46. The van der Waals surface area contributed by atoms with Crippen molar-refractivity contribution in [1.82, 2.24) is 24.8 Å². The Labute approximate surface area is 199 Å². The van der Waals surface area contributed by atoms with Crippen molar-refractivity contribution in [3.8, 4) is 0 Å². The summed E-state index contributed by atoms with van der Waals surface area (Å²) >= 11 is 0. The molecule has 3 rings (SSSR count). The Morgan fingerprint density at radius 1 is 1.11 bits per heavy atom. The average Bonchev–Trinajstić information content (AvgIpc) is 2.88. The lowest BCUT2D eigenvalue weighted by Crippen LogP contribution is -2.41. The molecule has 0 aliphatic carbocycles. The van der Waals surface area contributed by atoms with Crippen molar-refractivity contribution >= 4 is 40.6 Å². The molecule has 184 valence electrons. The normalized spacial score (nSPS) is 11.5. The molecule has 3 aromatic rings. The van der Waals surface area contributed by atoms with E-state index in [0.717, 1.165) is 0 Å². The maximum Gasteiger partial charge on any atom is 0.328 e. The van der Waals surface area contributed by atoms with E-state index in [1.54, 1.807) is 24.3 Å².